The Morgan fingerprint density at radius 1 is 1.64 bits per heavy atom. The van der Waals surface area contributed by atoms with E-state index in [4.69, 9.17) is 0 Å². The lowest BCUT2D eigenvalue weighted by molar-refractivity contribution is 0.497. The van der Waals surface area contributed by atoms with Crippen molar-refractivity contribution in [1.29, 1.82) is 0 Å². The van der Waals surface area contributed by atoms with Crippen molar-refractivity contribution in [3.63, 3.8) is 0 Å². The van der Waals surface area contributed by atoms with Gasteiger partial charge in [0.2, 0.25) is 0 Å². The molecule has 1 fully saturated rings. The number of tetrazole rings is 1. The SMILES string of the molecule is Cn1nnc(CNC2CCCSC2)n1. The molecule has 0 saturated carbocycles. The minimum atomic E-state index is 0.623. The number of nitrogens with one attached hydrogen (secondary N) is 1. The first-order chi connectivity index (χ1) is 6.84. The molecule has 1 aliphatic rings. The Bertz CT molecular complexity index is 281. The zero-order chi connectivity index (χ0) is 9.80. The number of rotatable bonds is 3. The molecule has 1 aliphatic heterocycles. The van der Waals surface area contributed by atoms with Crippen LogP contribution in [0.15, 0.2) is 0 Å². The van der Waals surface area contributed by atoms with E-state index in [1.165, 1.54) is 29.1 Å². The number of hydrogen-bond acceptors (Lipinski definition) is 5. The molecule has 1 N–H and O–H groups in total. The van der Waals surface area contributed by atoms with Crippen molar-refractivity contribution >= 4 is 11.8 Å². The molecule has 0 aromatic carbocycles. The first-order valence-electron chi connectivity index (χ1n) is 4.88. The Hall–Kier alpha value is -0.620. The highest BCUT2D eigenvalue weighted by atomic mass is 32.2. The minimum Gasteiger partial charge on any atom is -0.306 e. The van der Waals surface area contributed by atoms with Crippen LogP contribution >= 0.6 is 11.8 Å². The topological polar surface area (TPSA) is 55.6 Å². The molecule has 0 amide bonds. The molecule has 2 rings (SSSR count). The van der Waals surface area contributed by atoms with Crippen molar-refractivity contribution in [1.82, 2.24) is 25.5 Å². The van der Waals surface area contributed by atoms with Crippen molar-refractivity contribution in [2.24, 2.45) is 7.05 Å². The van der Waals surface area contributed by atoms with Gasteiger partial charge in [0, 0.05) is 11.8 Å². The smallest absolute Gasteiger partial charge is 0.188 e. The molecule has 1 aromatic heterocycles. The molecule has 0 spiro atoms. The summed E-state index contributed by atoms with van der Waals surface area (Å²) < 4.78 is 0. The van der Waals surface area contributed by atoms with E-state index in [9.17, 15) is 0 Å². The third-order valence-electron chi connectivity index (χ3n) is 2.26. The van der Waals surface area contributed by atoms with Crippen molar-refractivity contribution in [3.8, 4) is 0 Å². The molecule has 1 atom stereocenters. The van der Waals surface area contributed by atoms with Crippen LogP contribution in [0.3, 0.4) is 0 Å². The predicted octanol–water partition coefficient (Wildman–Crippen LogP) is 0.195. The fourth-order valence-electron chi connectivity index (χ4n) is 1.53. The van der Waals surface area contributed by atoms with Crippen molar-refractivity contribution in [3.05, 3.63) is 5.82 Å². The summed E-state index contributed by atoms with van der Waals surface area (Å²) in [5.41, 5.74) is 0. The molecule has 0 aliphatic carbocycles. The van der Waals surface area contributed by atoms with Gasteiger partial charge in [0.05, 0.1) is 13.6 Å². The number of aromatic nitrogens is 4. The van der Waals surface area contributed by atoms with Crippen LogP contribution in [0.2, 0.25) is 0 Å². The minimum absolute atomic E-state index is 0.623. The maximum Gasteiger partial charge on any atom is 0.188 e. The largest absolute Gasteiger partial charge is 0.306 e. The van der Waals surface area contributed by atoms with Crippen molar-refractivity contribution in [2.45, 2.75) is 25.4 Å². The Kier molecular flexibility index (Phi) is 3.36. The normalized spacial score (nSPS) is 22.5. The van der Waals surface area contributed by atoms with E-state index in [-0.39, 0.29) is 0 Å². The van der Waals surface area contributed by atoms with Gasteiger partial charge in [0.1, 0.15) is 0 Å². The Labute approximate surface area is 87.6 Å². The lowest BCUT2D eigenvalue weighted by atomic mass is 10.2. The second-order valence-electron chi connectivity index (χ2n) is 3.49. The molecule has 78 valence electrons. The average molecular weight is 213 g/mol. The average Bonchev–Trinajstić information content (AvgIpc) is 2.63. The van der Waals surface area contributed by atoms with E-state index < -0.39 is 0 Å². The van der Waals surface area contributed by atoms with Crippen LogP contribution in [0.4, 0.5) is 0 Å². The Balaban J connectivity index is 1.76. The second kappa shape index (κ2) is 4.75. The zero-order valence-electron chi connectivity index (χ0n) is 8.31. The third-order valence-corrected chi connectivity index (χ3v) is 3.47. The quantitative estimate of drug-likeness (QED) is 0.777. The highest BCUT2D eigenvalue weighted by molar-refractivity contribution is 7.99. The standard InChI is InChI=1S/C8H15N5S/c1-13-11-8(10-12-13)5-9-7-3-2-4-14-6-7/h7,9H,2-6H2,1H3. The number of thioether (sulfide) groups is 1. The summed E-state index contributed by atoms with van der Waals surface area (Å²) in [5.74, 6) is 3.30. The molecular weight excluding hydrogens is 198 g/mol. The lowest BCUT2D eigenvalue weighted by Gasteiger charge is -2.21. The van der Waals surface area contributed by atoms with E-state index in [1.807, 2.05) is 11.8 Å². The highest BCUT2D eigenvalue weighted by Gasteiger charge is 2.13. The molecule has 1 unspecified atom stereocenters. The first kappa shape index (κ1) is 9.92. The van der Waals surface area contributed by atoms with Gasteiger partial charge < -0.3 is 5.32 Å². The van der Waals surface area contributed by atoms with Crippen LogP contribution in [-0.4, -0.2) is 37.8 Å². The molecule has 5 nitrogen and oxygen atoms in total. The first-order valence-corrected chi connectivity index (χ1v) is 6.04. The number of hydrogen-bond donors (Lipinski definition) is 1. The summed E-state index contributed by atoms with van der Waals surface area (Å²) in [7, 11) is 1.78. The summed E-state index contributed by atoms with van der Waals surface area (Å²) in [5, 5.41) is 15.3. The fourth-order valence-corrected chi connectivity index (χ4v) is 2.64. The Morgan fingerprint density at radius 3 is 3.21 bits per heavy atom. The van der Waals surface area contributed by atoms with Gasteiger partial charge in [0.25, 0.3) is 0 Å². The third kappa shape index (κ3) is 2.68. The van der Waals surface area contributed by atoms with Gasteiger partial charge in [0.15, 0.2) is 5.82 Å². The maximum atomic E-state index is 4.12. The highest BCUT2D eigenvalue weighted by Crippen LogP contribution is 2.16. The van der Waals surface area contributed by atoms with Gasteiger partial charge >= 0.3 is 0 Å². The van der Waals surface area contributed by atoms with Gasteiger partial charge in [-0.2, -0.15) is 16.6 Å². The van der Waals surface area contributed by atoms with E-state index in [0.717, 1.165) is 12.4 Å². The summed E-state index contributed by atoms with van der Waals surface area (Å²) in [6.45, 7) is 0.735. The van der Waals surface area contributed by atoms with E-state index >= 15 is 0 Å². The fraction of sp³-hybridized carbons (Fsp3) is 0.875. The molecule has 0 bridgehead atoms. The summed E-state index contributed by atoms with van der Waals surface area (Å²) in [6.07, 6.45) is 2.59. The molecule has 1 aromatic rings. The number of aryl methyl sites for hydroxylation is 1. The van der Waals surface area contributed by atoms with E-state index in [0.29, 0.717) is 6.04 Å². The van der Waals surface area contributed by atoms with Gasteiger partial charge in [-0.1, -0.05) is 0 Å². The summed E-state index contributed by atoms with van der Waals surface area (Å²) in [4.78, 5) is 1.49. The van der Waals surface area contributed by atoms with Crippen molar-refractivity contribution in [2.75, 3.05) is 11.5 Å². The second-order valence-corrected chi connectivity index (χ2v) is 4.64. The summed E-state index contributed by atoms with van der Waals surface area (Å²) >= 11 is 2.02. The van der Waals surface area contributed by atoms with E-state index in [1.54, 1.807) is 7.05 Å². The van der Waals surface area contributed by atoms with Crippen molar-refractivity contribution < 1.29 is 0 Å². The predicted molar refractivity (Wildman–Crippen MR) is 56.0 cm³/mol. The molecule has 14 heavy (non-hydrogen) atoms. The maximum absolute atomic E-state index is 4.12. The molecule has 1 saturated heterocycles. The molecule has 2 heterocycles. The van der Waals surface area contributed by atoms with Gasteiger partial charge in [-0.25, -0.2) is 0 Å². The Morgan fingerprint density at radius 2 is 2.57 bits per heavy atom. The van der Waals surface area contributed by atoms with Gasteiger partial charge in [-0.15, -0.1) is 10.2 Å². The van der Waals surface area contributed by atoms with Crippen LogP contribution in [-0.2, 0) is 13.6 Å². The van der Waals surface area contributed by atoms with Crippen LogP contribution in [0, 0.1) is 0 Å². The van der Waals surface area contributed by atoms with Crippen LogP contribution in [0.25, 0.3) is 0 Å². The van der Waals surface area contributed by atoms with Gasteiger partial charge in [-0.3, -0.25) is 0 Å². The lowest BCUT2D eigenvalue weighted by Crippen LogP contribution is -2.33. The van der Waals surface area contributed by atoms with Gasteiger partial charge in [-0.05, 0) is 23.8 Å². The summed E-state index contributed by atoms with van der Waals surface area (Å²) in [6, 6.07) is 0.623. The monoisotopic (exact) mass is 213 g/mol. The zero-order valence-corrected chi connectivity index (χ0v) is 9.13. The number of nitrogens with zero attached hydrogens (tertiary/aromatic N) is 4. The van der Waals surface area contributed by atoms with Crippen LogP contribution in [0.5, 0.6) is 0 Å². The molecular formula is C8H15N5S. The molecule has 0 radical (unpaired) electrons. The van der Waals surface area contributed by atoms with Crippen LogP contribution in [0.1, 0.15) is 18.7 Å². The van der Waals surface area contributed by atoms with E-state index in [2.05, 4.69) is 20.7 Å². The van der Waals surface area contributed by atoms with Crippen LogP contribution < -0.4 is 5.32 Å². The molecule has 6 heteroatoms.